The number of rotatable bonds is 12. The van der Waals surface area contributed by atoms with Crippen LogP contribution in [0, 0.1) is 10.8 Å². The second-order valence-electron chi connectivity index (χ2n) is 11.5. The Kier molecular flexibility index (Phi) is 12.2. The standard InChI is InChI=1S/C28H43NO8/c1-10-23(30)35-18(2)17-29-20(26(33)34-9)13-19-11-12-21(36-24(31)15-27(3,4)5)22(14-19)37-25(32)16-28(6,7)8/h11-12,14,18,20,29H,10,13,15-17H2,1-9H3/t18?,20-/m0/s1. The first-order valence-electron chi connectivity index (χ1n) is 12.6. The van der Waals surface area contributed by atoms with Gasteiger partial charge >= 0.3 is 23.9 Å². The Labute approximate surface area is 220 Å². The van der Waals surface area contributed by atoms with Gasteiger partial charge < -0.3 is 24.3 Å². The molecule has 0 saturated carbocycles. The summed E-state index contributed by atoms with van der Waals surface area (Å²) in [4.78, 5) is 49.0. The van der Waals surface area contributed by atoms with Crippen LogP contribution < -0.4 is 14.8 Å². The Hall–Kier alpha value is -2.94. The van der Waals surface area contributed by atoms with Crippen molar-refractivity contribution in [1.29, 1.82) is 0 Å². The van der Waals surface area contributed by atoms with Gasteiger partial charge in [-0.25, -0.2) is 0 Å². The van der Waals surface area contributed by atoms with E-state index in [1.165, 1.54) is 7.11 Å². The number of hydrogen-bond acceptors (Lipinski definition) is 9. The fraction of sp³-hybridized carbons (Fsp3) is 0.643. The number of benzene rings is 1. The highest BCUT2D eigenvalue weighted by molar-refractivity contribution is 5.78. The fourth-order valence-corrected chi connectivity index (χ4v) is 3.30. The zero-order valence-corrected chi connectivity index (χ0v) is 23.7. The predicted octanol–water partition coefficient (Wildman–Crippen LogP) is 4.39. The first-order chi connectivity index (χ1) is 17.0. The van der Waals surface area contributed by atoms with Crippen LogP contribution in [0.25, 0.3) is 0 Å². The van der Waals surface area contributed by atoms with Gasteiger partial charge in [-0.15, -0.1) is 0 Å². The Morgan fingerprint density at radius 2 is 1.41 bits per heavy atom. The van der Waals surface area contributed by atoms with Crippen molar-refractivity contribution in [3.05, 3.63) is 23.8 Å². The van der Waals surface area contributed by atoms with Gasteiger partial charge in [0.1, 0.15) is 12.1 Å². The molecule has 0 aromatic heterocycles. The van der Waals surface area contributed by atoms with Crippen LogP contribution in [-0.2, 0) is 35.1 Å². The molecule has 0 spiro atoms. The molecule has 37 heavy (non-hydrogen) atoms. The van der Waals surface area contributed by atoms with E-state index in [0.29, 0.717) is 5.56 Å². The van der Waals surface area contributed by atoms with Gasteiger partial charge in [-0.1, -0.05) is 54.5 Å². The van der Waals surface area contributed by atoms with Crippen LogP contribution in [0.2, 0.25) is 0 Å². The maximum absolute atomic E-state index is 12.6. The summed E-state index contributed by atoms with van der Waals surface area (Å²) in [6, 6.07) is 4.08. The van der Waals surface area contributed by atoms with E-state index >= 15 is 0 Å². The summed E-state index contributed by atoms with van der Waals surface area (Å²) in [7, 11) is 1.29. The van der Waals surface area contributed by atoms with Gasteiger partial charge in [0.15, 0.2) is 11.5 Å². The largest absolute Gasteiger partial charge is 0.468 e. The molecule has 0 amide bonds. The number of esters is 4. The van der Waals surface area contributed by atoms with Crippen molar-refractivity contribution >= 4 is 23.9 Å². The second kappa shape index (κ2) is 14.1. The van der Waals surface area contributed by atoms with Gasteiger partial charge in [0.2, 0.25) is 0 Å². The van der Waals surface area contributed by atoms with Crippen molar-refractivity contribution in [1.82, 2.24) is 5.32 Å². The lowest BCUT2D eigenvalue weighted by molar-refractivity contribution is -0.148. The number of carbonyl (C=O) groups is 4. The van der Waals surface area contributed by atoms with Crippen molar-refractivity contribution in [3.63, 3.8) is 0 Å². The number of carbonyl (C=O) groups excluding carboxylic acids is 4. The number of methoxy groups -OCH3 is 1. The minimum atomic E-state index is -0.750. The minimum absolute atomic E-state index is 0.0999. The van der Waals surface area contributed by atoms with Gasteiger partial charge in [0.05, 0.1) is 20.0 Å². The van der Waals surface area contributed by atoms with E-state index in [-0.39, 0.29) is 60.5 Å². The molecule has 0 fully saturated rings. The molecule has 2 atom stereocenters. The van der Waals surface area contributed by atoms with E-state index < -0.39 is 30.1 Å². The summed E-state index contributed by atoms with van der Waals surface area (Å²) < 4.78 is 21.3. The molecule has 1 unspecified atom stereocenters. The molecule has 0 radical (unpaired) electrons. The lowest BCUT2D eigenvalue weighted by Gasteiger charge is -2.21. The highest BCUT2D eigenvalue weighted by Gasteiger charge is 2.25. The third-order valence-corrected chi connectivity index (χ3v) is 5.00. The lowest BCUT2D eigenvalue weighted by Crippen LogP contribution is -2.43. The summed E-state index contributed by atoms with van der Waals surface area (Å²) in [6.07, 6.45) is 0.347. The summed E-state index contributed by atoms with van der Waals surface area (Å²) >= 11 is 0. The van der Waals surface area contributed by atoms with Crippen molar-refractivity contribution in [2.45, 2.75) is 93.2 Å². The van der Waals surface area contributed by atoms with E-state index in [9.17, 15) is 19.2 Å². The normalized spacial score (nSPS) is 13.3. The molecule has 9 heteroatoms. The predicted molar refractivity (Wildman–Crippen MR) is 139 cm³/mol. The Balaban J connectivity index is 3.15. The number of ether oxygens (including phenoxy) is 4. The monoisotopic (exact) mass is 521 g/mol. The van der Waals surface area contributed by atoms with Crippen LogP contribution in [-0.4, -0.2) is 49.7 Å². The highest BCUT2D eigenvalue weighted by Crippen LogP contribution is 2.32. The molecule has 1 N–H and O–H groups in total. The molecule has 9 nitrogen and oxygen atoms in total. The molecule has 0 bridgehead atoms. The van der Waals surface area contributed by atoms with Crippen molar-refractivity contribution < 1.29 is 38.1 Å². The maximum atomic E-state index is 12.6. The van der Waals surface area contributed by atoms with Crippen molar-refractivity contribution in [2.24, 2.45) is 10.8 Å². The third-order valence-electron chi connectivity index (χ3n) is 5.00. The third kappa shape index (κ3) is 13.3. The zero-order valence-electron chi connectivity index (χ0n) is 23.7. The van der Waals surface area contributed by atoms with Crippen LogP contribution >= 0.6 is 0 Å². The summed E-state index contributed by atoms with van der Waals surface area (Å²) in [5, 5.41) is 3.07. The topological polar surface area (TPSA) is 117 Å². The molecule has 208 valence electrons. The van der Waals surface area contributed by atoms with Crippen molar-refractivity contribution in [3.8, 4) is 11.5 Å². The van der Waals surface area contributed by atoms with Gasteiger partial charge in [0, 0.05) is 13.0 Å². The highest BCUT2D eigenvalue weighted by atomic mass is 16.6. The minimum Gasteiger partial charge on any atom is -0.468 e. The molecule has 1 rings (SSSR count). The fourth-order valence-electron chi connectivity index (χ4n) is 3.30. The maximum Gasteiger partial charge on any atom is 0.323 e. The second-order valence-corrected chi connectivity index (χ2v) is 11.5. The molecule has 0 saturated heterocycles. The molecular weight excluding hydrogens is 478 g/mol. The van der Waals surface area contributed by atoms with Gasteiger partial charge in [0.25, 0.3) is 0 Å². The van der Waals surface area contributed by atoms with Crippen LogP contribution in [0.4, 0.5) is 0 Å². The molecule has 0 aliphatic rings. The summed E-state index contributed by atoms with van der Waals surface area (Å²) in [5.41, 5.74) is 0.0767. The summed E-state index contributed by atoms with van der Waals surface area (Å²) in [6.45, 7) is 15.2. The van der Waals surface area contributed by atoms with E-state index in [0.717, 1.165) is 0 Å². The van der Waals surface area contributed by atoms with Crippen LogP contribution in [0.15, 0.2) is 18.2 Å². The van der Waals surface area contributed by atoms with Crippen molar-refractivity contribution in [2.75, 3.05) is 13.7 Å². The number of hydrogen-bond donors (Lipinski definition) is 1. The van der Waals surface area contributed by atoms with E-state index in [4.69, 9.17) is 18.9 Å². The van der Waals surface area contributed by atoms with Crippen LogP contribution in [0.5, 0.6) is 11.5 Å². The Bertz CT molecular complexity index is 942. The molecule has 0 aliphatic carbocycles. The Morgan fingerprint density at radius 1 is 0.865 bits per heavy atom. The van der Waals surface area contributed by atoms with Crippen LogP contribution in [0.3, 0.4) is 0 Å². The quantitative estimate of drug-likeness (QED) is 0.316. The smallest absolute Gasteiger partial charge is 0.323 e. The molecule has 0 heterocycles. The molecular formula is C28H43NO8. The zero-order chi connectivity index (χ0) is 28.4. The number of nitrogens with one attached hydrogen (secondary N) is 1. The van der Waals surface area contributed by atoms with Gasteiger partial charge in [-0.2, -0.15) is 0 Å². The lowest BCUT2D eigenvalue weighted by atomic mass is 9.92. The van der Waals surface area contributed by atoms with Crippen LogP contribution in [0.1, 0.15) is 80.2 Å². The van der Waals surface area contributed by atoms with E-state index in [1.54, 1.807) is 32.0 Å². The average Bonchev–Trinajstić information content (AvgIpc) is 2.74. The molecule has 1 aromatic rings. The van der Waals surface area contributed by atoms with Gasteiger partial charge in [-0.05, 0) is 41.9 Å². The van der Waals surface area contributed by atoms with E-state index in [2.05, 4.69) is 5.32 Å². The first kappa shape index (κ1) is 32.1. The first-order valence-corrected chi connectivity index (χ1v) is 12.6. The molecule has 1 aromatic carbocycles. The Morgan fingerprint density at radius 3 is 1.89 bits per heavy atom. The summed E-state index contributed by atoms with van der Waals surface area (Å²) in [5.74, 6) is -1.51. The SMILES string of the molecule is CCC(=O)OC(C)CN[C@@H](Cc1ccc(OC(=O)CC(C)(C)C)c(OC(=O)CC(C)(C)C)c1)C(=O)OC. The van der Waals surface area contributed by atoms with Gasteiger partial charge in [-0.3, -0.25) is 19.2 Å². The average molecular weight is 522 g/mol. The van der Waals surface area contributed by atoms with E-state index in [1.807, 2.05) is 41.5 Å². The molecule has 0 aliphatic heterocycles.